The first-order valence-corrected chi connectivity index (χ1v) is 14.6. The number of nitrogens with zero attached hydrogens (tertiary/aromatic N) is 3. The molecule has 0 aliphatic rings. The van der Waals surface area contributed by atoms with Gasteiger partial charge in [-0.25, -0.2) is 22.2 Å². The van der Waals surface area contributed by atoms with Gasteiger partial charge in [0.15, 0.2) is 5.82 Å². The molecule has 1 N–H and O–H groups in total. The lowest BCUT2D eigenvalue weighted by molar-refractivity contribution is 0.0600. The van der Waals surface area contributed by atoms with Gasteiger partial charge in [0.1, 0.15) is 22.9 Å². The van der Waals surface area contributed by atoms with Crippen LogP contribution in [-0.4, -0.2) is 40.7 Å². The minimum atomic E-state index is -3.91. The van der Waals surface area contributed by atoms with Crippen LogP contribution < -0.4 is 4.74 Å². The summed E-state index contributed by atoms with van der Waals surface area (Å²) in [6, 6.07) is 28.5. The summed E-state index contributed by atoms with van der Waals surface area (Å²) in [5.74, 6) is 1.24. The fourth-order valence-electron chi connectivity index (χ4n) is 4.72. The third-order valence-electron chi connectivity index (χ3n) is 6.83. The van der Waals surface area contributed by atoms with Gasteiger partial charge in [-0.15, -0.1) is 0 Å². The number of fused-ring (bicyclic) bond motifs is 1. The first-order chi connectivity index (χ1) is 20.3. The van der Waals surface area contributed by atoms with Crippen LogP contribution in [0.1, 0.15) is 27.3 Å². The van der Waals surface area contributed by atoms with Crippen molar-refractivity contribution in [1.82, 2.24) is 19.2 Å². The van der Waals surface area contributed by atoms with Crippen LogP contribution in [-0.2, 0) is 21.2 Å². The van der Waals surface area contributed by atoms with Gasteiger partial charge in [0.2, 0.25) is 0 Å². The van der Waals surface area contributed by atoms with E-state index in [1.807, 2.05) is 43.3 Å². The fourth-order valence-corrected chi connectivity index (χ4v) is 6.07. The van der Waals surface area contributed by atoms with E-state index in [2.05, 4.69) is 15.2 Å². The van der Waals surface area contributed by atoms with Crippen LogP contribution in [0.5, 0.6) is 11.5 Å². The average Bonchev–Trinajstić information content (AvgIpc) is 3.65. The van der Waals surface area contributed by atoms with Crippen molar-refractivity contribution in [2.75, 3.05) is 7.11 Å². The number of carbonyl (C=O) groups is 1. The van der Waals surface area contributed by atoms with Crippen molar-refractivity contribution in [3.05, 3.63) is 126 Å². The van der Waals surface area contributed by atoms with Gasteiger partial charge >= 0.3 is 5.97 Å². The number of aryl methyl sites for hydroxylation is 1. The molecule has 210 valence electrons. The molecule has 6 aromatic rings. The summed E-state index contributed by atoms with van der Waals surface area (Å²) in [6.45, 7) is 1.88. The molecule has 0 amide bonds. The van der Waals surface area contributed by atoms with Crippen LogP contribution in [0.2, 0.25) is 0 Å². The molecule has 0 aliphatic heterocycles. The molecule has 9 nitrogen and oxygen atoms in total. The lowest BCUT2D eigenvalue weighted by Gasteiger charge is -2.13. The molecule has 0 fully saturated rings. The van der Waals surface area contributed by atoms with E-state index in [0.29, 0.717) is 28.9 Å². The predicted molar refractivity (Wildman–Crippen MR) is 158 cm³/mol. The SMILES string of the molecule is COC(=O)c1c(Oc2cccc(-c3n[nH]c(Cc4ccccc4)n3)c2)ccc2c1ccn2S(=O)(=O)c1ccc(C)cc1. The molecular formula is C32H26N4O5S. The fraction of sp³-hybridized carbons (Fsp3) is 0.0938. The Hall–Kier alpha value is -5.22. The summed E-state index contributed by atoms with van der Waals surface area (Å²) in [4.78, 5) is 17.7. The number of H-pyrrole nitrogens is 1. The minimum Gasteiger partial charge on any atom is -0.465 e. The third kappa shape index (κ3) is 5.15. The predicted octanol–water partition coefficient (Wildman–Crippen LogP) is 6.14. The maximum atomic E-state index is 13.4. The summed E-state index contributed by atoms with van der Waals surface area (Å²) in [7, 11) is -2.64. The number of aromatic amines is 1. The molecule has 0 bridgehead atoms. The Kier molecular flexibility index (Phi) is 7.05. The zero-order valence-corrected chi connectivity index (χ0v) is 23.6. The molecule has 0 aliphatic carbocycles. The normalized spacial score (nSPS) is 11.5. The van der Waals surface area contributed by atoms with Gasteiger partial charge in [-0.05, 0) is 55.0 Å². The molecular weight excluding hydrogens is 552 g/mol. The molecule has 0 saturated heterocycles. The number of carbonyl (C=O) groups excluding carboxylic acids is 1. The number of hydrogen-bond donors (Lipinski definition) is 1. The van der Waals surface area contributed by atoms with Gasteiger partial charge in [-0.2, -0.15) is 5.10 Å². The van der Waals surface area contributed by atoms with Crippen LogP contribution in [0.4, 0.5) is 0 Å². The van der Waals surface area contributed by atoms with Crippen molar-refractivity contribution in [3.63, 3.8) is 0 Å². The first kappa shape index (κ1) is 27.0. The zero-order valence-electron chi connectivity index (χ0n) is 22.8. The highest BCUT2D eigenvalue weighted by Gasteiger charge is 2.24. The van der Waals surface area contributed by atoms with Crippen molar-refractivity contribution in [2.45, 2.75) is 18.2 Å². The van der Waals surface area contributed by atoms with E-state index in [9.17, 15) is 13.2 Å². The first-order valence-electron chi connectivity index (χ1n) is 13.1. The van der Waals surface area contributed by atoms with Crippen LogP contribution >= 0.6 is 0 Å². The number of hydrogen-bond acceptors (Lipinski definition) is 7. The molecule has 2 aromatic heterocycles. The molecule has 0 atom stereocenters. The topological polar surface area (TPSA) is 116 Å². The van der Waals surface area contributed by atoms with Crippen LogP contribution in [0.3, 0.4) is 0 Å². The van der Waals surface area contributed by atoms with Gasteiger partial charge in [-0.3, -0.25) is 5.10 Å². The number of nitrogens with one attached hydrogen (secondary N) is 1. The summed E-state index contributed by atoms with van der Waals surface area (Å²) in [6.07, 6.45) is 2.04. The minimum absolute atomic E-state index is 0.112. The Morgan fingerprint density at radius 2 is 1.71 bits per heavy atom. The van der Waals surface area contributed by atoms with E-state index in [4.69, 9.17) is 9.47 Å². The summed E-state index contributed by atoms with van der Waals surface area (Å²) in [5.41, 5.74) is 3.22. The Balaban J connectivity index is 1.33. The maximum absolute atomic E-state index is 13.4. The molecule has 10 heteroatoms. The smallest absolute Gasteiger partial charge is 0.342 e. The van der Waals surface area contributed by atoms with Crippen LogP contribution in [0.15, 0.2) is 108 Å². The van der Waals surface area contributed by atoms with Gasteiger partial charge < -0.3 is 9.47 Å². The Labute approximate surface area is 242 Å². The number of benzene rings is 4. The number of esters is 1. The van der Waals surface area contributed by atoms with Gasteiger partial charge in [-0.1, -0.05) is 60.2 Å². The monoisotopic (exact) mass is 578 g/mol. The van der Waals surface area contributed by atoms with E-state index in [0.717, 1.165) is 26.5 Å². The molecule has 0 spiro atoms. The molecule has 0 saturated carbocycles. The average molecular weight is 579 g/mol. The molecule has 42 heavy (non-hydrogen) atoms. The second kappa shape index (κ2) is 11.0. The molecule has 2 heterocycles. The lowest BCUT2D eigenvalue weighted by Crippen LogP contribution is -2.12. The van der Waals surface area contributed by atoms with Crippen molar-refractivity contribution >= 4 is 26.9 Å². The number of ether oxygens (including phenoxy) is 2. The summed E-state index contributed by atoms with van der Waals surface area (Å²) < 4.78 is 39.2. The van der Waals surface area contributed by atoms with E-state index in [1.165, 1.54) is 13.3 Å². The summed E-state index contributed by atoms with van der Waals surface area (Å²) >= 11 is 0. The van der Waals surface area contributed by atoms with E-state index in [-0.39, 0.29) is 16.2 Å². The molecule has 6 rings (SSSR count). The number of methoxy groups -OCH3 is 1. The van der Waals surface area contributed by atoms with Gasteiger partial charge in [0.25, 0.3) is 10.0 Å². The number of rotatable bonds is 8. The summed E-state index contributed by atoms with van der Waals surface area (Å²) in [5, 5.41) is 7.73. The highest BCUT2D eigenvalue weighted by atomic mass is 32.2. The Bertz CT molecular complexity index is 2010. The van der Waals surface area contributed by atoms with Crippen molar-refractivity contribution < 1.29 is 22.7 Å². The maximum Gasteiger partial charge on any atom is 0.342 e. The zero-order chi connectivity index (χ0) is 29.3. The van der Waals surface area contributed by atoms with Crippen molar-refractivity contribution in [2.24, 2.45) is 0 Å². The largest absolute Gasteiger partial charge is 0.465 e. The highest BCUT2D eigenvalue weighted by molar-refractivity contribution is 7.90. The third-order valence-corrected chi connectivity index (χ3v) is 8.54. The molecule has 0 radical (unpaired) electrons. The van der Waals surface area contributed by atoms with Crippen LogP contribution in [0.25, 0.3) is 22.3 Å². The Morgan fingerprint density at radius 3 is 2.48 bits per heavy atom. The van der Waals surface area contributed by atoms with Gasteiger partial charge in [0, 0.05) is 23.6 Å². The second-order valence-electron chi connectivity index (χ2n) is 9.69. The quantitative estimate of drug-likeness (QED) is 0.216. The molecule has 0 unspecified atom stereocenters. The van der Waals surface area contributed by atoms with E-state index < -0.39 is 16.0 Å². The standard InChI is InChI=1S/C32H26N4O5S/c1-21-11-13-25(14-12-21)42(38,39)36-18-17-26-27(36)15-16-28(30(26)32(37)40-2)41-24-10-6-9-23(20-24)31-33-29(34-35-31)19-22-7-4-3-5-8-22/h3-18,20H,19H2,1-2H3,(H,33,34,35). The van der Waals surface area contributed by atoms with Crippen LogP contribution in [0, 0.1) is 6.92 Å². The Morgan fingerprint density at radius 1 is 0.929 bits per heavy atom. The van der Waals surface area contributed by atoms with Crippen molar-refractivity contribution in [1.29, 1.82) is 0 Å². The van der Waals surface area contributed by atoms with Crippen molar-refractivity contribution in [3.8, 4) is 22.9 Å². The number of aromatic nitrogens is 4. The van der Waals surface area contributed by atoms with E-state index >= 15 is 0 Å². The molecule has 4 aromatic carbocycles. The van der Waals surface area contributed by atoms with E-state index in [1.54, 1.807) is 60.7 Å². The highest BCUT2D eigenvalue weighted by Crippen LogP contribution is 2.35. The lowest BCUT2D eigenvalue weighted by atomic mass is 10.1. The second-order valence-corrected chi connectivity index (χ2v) is 11.5. The van der Waals surface area contributed by atoms with Gasteiger partial charge in [0.05, 0.1) is 17.5 Å².